The molecule has 0 unspecified atom stereocenters. The van der Waals surface area contributed by atoms with Gasteiger partial charge in [0.2, 0.25) is 0 Å². The molecule has 2 rings (SSSR count). The summed E-state index contributed by atoms with van der Waals surface area (Å²) in [5, 5.41) is 6.41. The molecule has 7 heteroatoms. The minimum atomic E-state index is -0.826. The van der Waals surface area contributed by atoms with Gasteiger partial charge in [-0.15, -0.1) is 0 Å². The van der Waals surface area contributed by atoms with Crippen LogP contribution < -0.4 is 10.6 Å². The Bertz CT molecular complexity index is 626. The molecule has 1 aliphatic heterocycles. The van der Waals surface area contributed by atoms with E-state index in [4.69, 9.17) is 16.3 Å². The van der Waals surface area contributed by atoms with Gasteiger partial charge in [-0.2, -0.15) is 0 Å². The van der Waals surface area contributed by atoms with E-state index in [2.05, 4.69) is 10.6 Å². The highest BCUT2D eigenvalue weighted by Crippen LogP contribution is 2.27. The van der Waals surface area contributed by atoms with Gasteiger partial charge in [0.15, 0.2) is 0 Å². The molecule has 1 saturated heterocycles. The molecule has 2 N–H and O–H groups in total. The summed E-state index contributed by atoms with van der Waals surface area (Å²) in [4.78, 5) is 26.8. The normalized spacial score (nSPS) is 16.3. The number of carbonyl (C=O) groups excluding carboxylic acids is 2. The maximum Gasteiger partial charge on any atom is 0.256 e. The highest BCUT2D eigenvalue weighted by Gasteiger charge is 2.39. The number of nitrogens with zero attached hydrogens (tertiary/aromatic N) is 1. The summed E-state index contributed by atoms with van der Waals surface area (Å²) in [5.74, 6) is -0.296. The fraction of sp³-hybridized carbons (Fsp3) is 0.556. The molecule has 1 aliphatic rings. The van der Waals surface area contributed by atoms with E-state index >= 15 is 0 Å². The van der Waals surface area contributed by atoms with E-state index in [1.807, 2.05) is 13.8 Å². The minimum Gasteiger partial charge on any atom is -0.368 e. The lowest BCUT2D eigenvalue weighted by molar-refractivity contribution is -0.140. The first-order chi connectivity index (χ1) is 12.0. The molecule has 0 aromatic heterocycles. The largest absolute Gasteiger partial charge is 0.368 e. The van der Waals surface area contributed by atoms with Crippen molar-refractivity contribution in [1.82, 2.24) is 10.2 Å². The number of amides is 2. The number of nitrogens with one attached hydrogen (secondary N) is 2. The van der Waals surface area contributed by atoms with Gasteiger partial charge < -0.3 is 20.3 Å². The number of rotatable bonds is 6. The zero-order valence-electron chi connectivity index (χ0n) is 15.0. The van der Waals surface area contributed by atoms with Gasteiger partial charge >= 0.3 is 0 Å². The molecule has 1 heterocycles. The molecule has 0 saturated carbocycles. The number of hydrogen-bond donors (Lipinski definition) is 2. The molecule has 138 valence electrons. The summed E-state index contributed by atoms with van der Waals surface area (Å²) in [6.45, 7) is 6.56. The number of methoxy groups -OCH3 is 1. The zero-order chi connectivity index (χ0) is 18.4. The van der Waals surface area contributed by atoms with Crippen LogP contribution in [-0.4, -0.2) is 55.6 Å². The molecule has 0 spiro atoms. The molecule has 1 aromatic rings. The number of ether oxygens (including phenoxy) is 1. The third-order valence-electron chi connectivity index (χ3n) is 4.72. The van der Waals surface area contributed by atoms with Crippen LogP contribution in [0, 0.1) is 0 Å². The number of benzene rings is 1. The Kier molecular flexibility index (Phi) is 6.81. The first-order valence-electron chi connectivity index (χ1n) is 8.63. The SMILES string of the molecule is CCN(CC)C(=O)c1ccc(NC(=O)C2(OC)CCNCC2)cc1Cl. The van der Waals surface area contributed by atoms with Crippen molar-refractivity contribution in [2.45, 2.75) is 32.3 Å². The summed E-state index contributed by atoms with van der Waals surface area (Å²) >= 11 is 6.28. The number of piperidine rings is 1. The van der Waals surface area contributed by atoms with E-state index in [1.165, 1.54) is 0 Å². The third kappa shape index (κ3) is 4.32. The molecule has 1 fully saturated rings. The average molecular weight is 368 g/mol. The fourth-order valence-electron chi connectivity index (χ4n) is 3.05. The number of anilines is 1. The maximum absolute atomic E-state index is 12.7. The third-order valence-corrected chi connectivity index (χ3v) is 5.04. The Hall–Kier alpha value is -1.63. The number of carbonyl (C=O) groups is 2. The first-order valence-corrected chi connectivity index (χ1v) is 9.01. The van der Waals surface area contributed by atoms with E-state index < -0.39 is 5.60 Å². The maximum atomic E-state index is 12.7. The van der Waals surface area contributed by atoms with E-state index in [-0.39, 0.29) is 11.8 Å². The summed E-state index contributed by atoms with van der Waals surface area (Å²) in [5.41, 5.74) is 0.167. The van der Waals surface area contributed by atoms with Crippen LogP contribution >= 0.6 is 11.6 Å². The van der Waals surface area contributed by atoms with Gasteiger partial charge in [-0.25, -0.2) is 0 Å². The van der Waals surface area contributed by atoms with Crippen LogP contribution in [0.4, 0.5) is 5.69 Å². The van der Waals surface area contributed by atoms with Crippen LogP contribution in [0.2, 0.25) is 5.02 Å². The highest BCUT2D eigenvalue weighted by atomic mass is 35.5. The Morgan fingerprint density at radius 3 is 2.44 bits per heavy atom. The molecule has 25 heavy (non-hydrogen) atoms. The van der Waals surface area contributed by atoms with Gasteiger partial charge in [0.1, 0.15) is 5.60 Å². The second kappa shape index (κ2) is 8.65. The highest BCUT2D eigenvalue weighted by molar-refractivity contribution is 6.34. The summed E-state index contributed by atoms with van der Waals surface area (Å²) in [6, 6.07) is 4.96. The van der Waals surface area contributed by atoms with Crippen LogP contribution in [0.25, 0.3) is 0 Å². The van der Waals surface area contributed by atoms with E-state index in [9.17, 15) is 9.59 Å². The Balaban J connectivity index is 2.15. The molecule has 0 atom stereocenters. The van der Waals surface area contributed by atoms with Crippen molar-refractivity contribution in [3.8, 4) is 0 Å². The lowest BCUT2D eigenvalue weighted by Gasteiger charge is -2.34. The quantitative estimate of drug-likeness (QED) is 0.810. The van der Waals surface area contributed by atoms with Gasteiger partial charge in [0.05, 0.1) is 10.6 Å². The summed E-state index contributed by atoms with van der Waals surface area (Å²) < 4.78 is 5.52. The van der Waals surface area contributed by atoms with Gasteiger partial charge in [-0.05, 0) is 58.0 Å². The van der Waals surface area contributed by atoms with E-state index in [0.29, 0.717) is 42.2 Å². The molecular formula is C18H26ClN3O3. The molecule has 0 aliphatic carbocycles. The van der Waals surface area contributed by atoms with Gasteiger partial charge in [-0.3, -0.25) is 9.59 Å². The van der Waals surface area contributed by atoms with Crippen molar-refractivity contribution in [3.05, 3.63) is 28.8 Å². The van der Waals surface area contributed by atoms with E-state index in [1.54, 1.807) is 30.2 Å². The van der Waals surface area contributed by atoms with Crippen LogP contribution in [0.3, 0.4) is 0 Å². The van der Waals surface area contributed by atoms with Crippen molar-refractivity contribution >= 4 is 29.1 Å². The Labute approximate surface area is 153 Å². The predicted octanol–water partition coefficient (Wildman–Crippen LogP) is 2.53. The number of halogens is 1. The van der Waals surface area contributed by atoms with Gasteiger partial charge in [0, 0.05) is 25.9 Å². The van der Waals surface area contributed by atoms with Crippen LogP contribution in [-0.2, 0) is 9.53 Å². The second-order valence-electron chi connectivity index (χ2n) is 6.07. The van der Waals surface area contributed by atoms with Crippen LogP contribution in [0.15, 0.2) is 18.2 Å². The lowest BCUT2D eigenvalue weighted by Crippen LogP contribution is -2.51. The predicted molar refractivity (Wildman–Crippen MR) is 99.2 cm³/mol. The standard InChI is InChI=1S/C18H26ClN3O3/c1-4-22(5-2)16(23)14-7-6-13(12-15(14)19)21-17(24)18(25-3)8-10-20-11-9-18/h6-7,12,20H,4-5,8-11H2,1-3H3,(H,21,24). The topological polar surface area (TPSA) is 70.7 Å². The first kappa shape index (κ1) is 19.7. The molecule has 6 nitrogen and oxygen atoms in total. The van der Waals surface area contributed by atoms with Crippen molar-refractivity contribution < 1.29 is 14.3 Å². The van der Waals surface area contributed by atoms with Gasteiger partial charge in [-0.1, -0.05) is 11.6 Å². The number of hydrogen-bond acceptors (Lipinski definition) is 4. The van der Waals surface area contributed by atoms with Crippen molar-refractivity contribution in [3.63, 3.8) is 0 Å². The Morgan fingerprint density at radius 1 is 1.28 bits per heavy atom. The Morgan fingerprint density at radius 2 is 1.92 bits per heavy atom. The van der Waals surface area contributed by atoms with E-state index in [0.717, 1.165) is 13.1 Å². The van der Waals surface area contributed by atoms with Crippen LogP contribution in [0.1, 0.15) is 37.0 Å². The molecule has 1 aromatic carbocycles. The zero-order valence-corrected chi connectivity index (χ0v) is 15.8. The molecule has 2 amide bonds. The summed E-state index contributed by atoms with van der Waals surface area (Å²) in [7, 11) is 1.56. The minimum absolute atomic E-state index is 0.111. The molecule has 0 bridgehead atoms. The fourth-order valence-corrected chi connectivity index (χ4v) is 3.31. The van der Waals surface area contributed by atoms with Crippen molar-refractivity contribution in [1.29, 1.82) is 0 Å². The van der Waals surface area contributed by atoms with Crippen molar-refractivity contribution in [2.75, 3.05) is 38.6 Å². The average Bonchev–Trinajstić information content (AvgIpc) is 2.63. The monoisotopic (exact) mass is 367 g/mol. The second-order valence-corrected chi connectivity index (χ2v) is 6.48. The molecule has 0 radical (unpaired) electrons. The van der Waals surface area contributed by atoms with Crippen molar-refractivity contribution in [2.24, 2.45) is 0 Å². The lowest BCUT2D eigenvalue weighted by atomic mass is 9.91. The molecular weight excluding hydrogens is 342 g/mol. The van der Waals surface area contributed by atoms with Gasteiger partial charge in [0.25, 0.3) is 11.8 Å². The smallest absolute Gasteiger partial charge is 0.256 e. The summed E-state index contributed by atoms with van der Waals surface area (Å²) in [6.07, 6.45) is 1.23. The van der Waals surface area contributed by atoms with Crippen LogP contribution in [0.5, 0.6) is 0 Å².